The zero-order valence-corrected chi connectivity index (χ0v) is 14.3. The van der Waals surface area contributed by atoms with Crippen LogP contribution in [-0.4, -0.2) is 22.9 Å². The lowest BCUT2D eigenvalue weighted by atomic mass is 9.70. The van der Waals surface area contributed by atoms with Gasteiger partial charge in [-0.15, -0.1) is 0 Å². The minimum Gasteiger partial charge on any atom is -0.364 e. The molecule has 5 rings (SSSR count). The quantitative estimate of drug-likeness (QED) is 0.609. The van der Waals surface area contributed by atoms with E-state index in [1.165, 1.54) is 12.1 Å². The fourth-order valence-corrected chi connectivity index (χ4v) is 4.95. The molecule has 1 amide bonds. The van der Waals surface area contributed by atoms with Crippen molar-refractivity contribution in [3.63, 3.8) is 0 Å². The highest BCUT2D eigenvalue weighted by atomic mass is 16.6. The summed E-state index contributed by atoms with van der Waals surface area (Å²) in [7, 11) is 0. The van der Waals surface area contributed by atoms with Crippen LogP contribution in [0.1, 0.15) is 25.3 Å². The number of nitro groups is 1. The number of nitro benzene ring substituents is 1. The average molecular weight is 350 g/mol. The van der Waals surface area contributed by atoms with Gasteiger partial charge in [-0.05, 0) is 38.0 Å². The first-order chi connectivity index (χ1) is 12.5. The maximum absolute atomic E-state index is 13.3. The third kappa shape index (κ3) is 1.60. The summed E-state index contributed by atoms with van der Waals surface area (Å²) >= 11 is 0. The van der Waals surface area contributed by atoms with Crippen LogP contribution in [0.15, 0.2) is 42.5 Å². The number of hydrogen-bond acceptors (Lipinski definition) is 5. The van der Waals surface area contributed by atoms with E-state index in [0.717, 1.165) is 30.8 Å². The number of carbonyl (C=O) groups is 1. The highest BCUT2D eigenvalue weighted by Crippen LogP contribution is 2.57. The van der Waals surface area contributed by atoms with Gasteiger partial charge in [0.15, 0.2) is 5.54 Å². The number of benzene rings is 2. The molecular formula is C19H18N4O3. The second-order valence-electron chi connectivity index (χ2n) is 7.36. The minimum absolute atomic E-state index is 0.00608. The summed E-state index contributed by atoms with van der Waals surface area (Å²) in [5, 5.41) is 17.8. The van der Waals surface area contributed by atoms with E-state index in [0.29, 0.717) is 11.3 Å². The molecule has 132 valence electrons. The van der Waals surface area contributed by atoms with Gasteiger partial charge >= 0.3 is 0 Å². The van der Waals surface area contributed by atoms with Crippen LogP contribution in [0.2, 0.25) is 0 Å². The molecule has 0 aliphatic carbocycles. The Hall–Kier alpha value is -3.09. The van der Waals surface area contributed by atoms with E-state index in [4.69, 9.17) is 0 Å². The molecule has 26 heavy (non-hydrogen) atoms. The summed E-state index contributed by atoms with van der Waals surface area (Å²) in [6.07, 6.45) is 1.79. The van der Waals surface area contributed by atoms with Crippen LogP contribution in [0.3, 0.4) is 0 Å². The van der Waals surface area contributed by atoms with Gasteiger partial charge in [-0.3, -0.25) is 14.9 Å². The van der Waals surface area contributed by atoms with Crippen LogP contribution < -0.4 is 15.5 Å². The average Bonchev–Trinajstić information content (AvgIpc) is 3.15. The zero-order valence-electron chi connectivity index (χ0n) is 14.3. The first-order valence-corrected chi connectivity index (χ1v) is 8.73. The Labute approximate surface area is 150 Å². The molecule has 2 aromatic rings. The molecule has 3 aliphatic heterocycles. The Morgan fingerprint density at radius 3 is 2.81 bits per heavy atom. The molecule has 2 atom stereocenters. The molecule has 3 aliphatic rings. The minimum atomic E-state index is -1.06. The number of carbonyl (C=O) groups excluding carboxylic acids is 1. The van der Waals surface area contributed by atoms with Gasteiger partial charge in [0.2, 0.25) is 0 Å². The number of para-hydroxylation sites is 2. The van der Waals surface area contributed by atoms with Crippen molar-refractivity contribution in [3.8, 4) is 0 Å². The molecule has 1 spiro atoms. The van der Waals surface area contributed by atoms with Crippen LogP contribution in [-0.2, 0) is 10.3 Å². The Morgan fingerprint density at radius 1 is 1.19 bits per heavy atom. The van der Waals surface area contributed by atoms with Gasteiger partial charge < -0.3 is 15.5 Å². The third-order valence-corrected chi connectivity index (χ3v) is 6.17. The Morgan fingerprint density at radius 2 is 2.00 bits per heavy atom. The van der Waals surface area contributed by atoms with Gasteiger partial charge in [0.1, 0.15) is 0 Å². The fourth-order valence-electron chi connectivity index (χ4n) is 4.95. The Kier molecular flexibility index (Phi) is 2.77. The molecule has 3 heterocycles. The number of rotatable bonds is 1. The van der Waals surface area contributed by atoms with Gasteiger partial charge in [0, 0.05) is 29.9 Å². The third-order valence-electron chi connectivity index (χ3n) is 6.17. The highest BCUT2D eigenvalue weighted by molar-refractivity contribution is 6.11. The number of nitrogens with one attached hydrogen (secondary N) is 2. The summed E-state index contributed by atoms with van der Waals surface area (Å²) in [6, 6.07) is 12.5. The van der Waals surface area contributed by atoms with Crippen molar-refractivity contribution in [3.05, 3.63) is 58.1 Å². The maximum Gasteiger partial charge on any atom is 0.269 e. The van der Waals surface area contributed by atoms with Crippen molar-refractivity contribution in [2.75, 3.05) is 22.1 Å². The smallest absolute Gasteiger partial charge is 0.269 e. The summed E-state index contributed by atoms with van der Waals surface area (Å²) < 4.78 is 0. The van der Waals surface area contributed by atoms with E-state index in [1.807, 2.05) is 18.2 Å². The number of fused-ring (bicyclic) bond motifs is 6. The number of non-ortho nitro benzene ring substituents is 1. The molecule has 2 aromatic carbocycles. The summed E-state index contributed by atoms with van der Waals surface area (Å²) in [6.45, 7) is 2.94. The largest absolute Gasteiger partial charge is 0.364 e. The predicted molar refractivity (Wildman–Crippen MR) is 98.5 cm³/mol. The number of anilines is 3. The van der Waals surface area contributed by atoms with Crippen LogP contribution >= 0.6 is 0 Å². The van der Waals surface area contributed by atoms with Crippen LogP contribution in [0, 0.1) is 10.1 Å². The summed E-state index contributed by atoms with van der Waals surface area (Å²) in [5.74, 6) is -0.156. The lowest BCUT2D eigenvalue weighted by Crippen LogP contribution is -2.67. The fraction of sp³-hybridized carbons (Fsp3) is 0.316. The highest BCUT2D eigenvalue weighted by Gasteiger charge is 2.65. The molecule has 1 fully saturated rings. The van der Waals surface area contributed by atoms with Gasteiger partial charge in [0.25, 0.3) is 11.6 Å². The Balaban J connectivity index is 1.81. The van der Waals surface area contributed by atoms with E-state index in [2.05, 4.69) is 28.5 Å². The van der Waals surface area contributed by atoms with Gasteiger partial charge in [-0.25, -0.2) is 0 Å². The SMILES string of the molecule is CC12CCCN1c1ccccc1NC21C(=O)Nc2ccc([N+](=O)[O-])cc21. The van der Waals surface area contributed by atoms with Gasteiger partial charge in [-0.2, -0.15) is 0 Å². The molecule has 2 unspecified atom stereocenters. The molecule has 7 heteroatoms. The zero-order chi connectivity index (χ0) is 18.1. The molecule has 0 saturated carbocycles. The summed E-state index contributed by atoms with van der Waals surface area (Å²) in [5.41, 5.74) is 1.67. The van der Waals surface area contributed by atoms with E-state index < -0.39 is 16.0 Å². The van der Waals surface area contributed by atoms with Crippen molar-refractivity contribution in [2.45, 2.75) is 30.8 Å². The van der Waals surface area contributed by atoms with E-state index in [1.54, 1.807) is 6.07 Å². The molecule has 0 aromatic heterocycles. The molecule has 7 nitrogen and oxygen atoms in total. The van der Waals surface area contributed by atoms with E-state index in [-0.39, 0.29) is 11.6 Å². The molecule has 2 N–H and O–H groups in total. The van der Waals surface area contributed by atoms with Crippen molar-refractivity contribution >= 4 is 28.7 Å². The number of amides is 1. The van der Waals surface area contributed by atoms with Crippen molar-refractivity contribution in [1.29, 1.82) is 0 Å². The van der Waals surface area contributed by atoms with E-state index in [9.17, 15) is 14.9 Å². The van der Waals surface area contributed by atoms with Crippen molar-refractivity contribution in [1.82, 2.24) is 0 Å². The number of hydrogen-bond donors (Lipinski definition) is 2. The Bertz CT molecular complexity index is 975. The number of nitrogens with zero attached hydrogens (tertiary/aromatic N) is 2. The lowest BCUT2D eigenvalue weighted by Gasteiger charge is -2.53. The monoisotopic (exact) mass is 350 g/mol. The molecular weight excluding hydrogens is 332 g/mol. The predicted octanol–water partition coefficient (Wildman–Crippen LogP) is 3.23. The normalized spacial score (nSPS) is 28.2. The van der Waals surface area contributed by atoms with Crippen LogP contribution in [0.5, 0.6) is 0 Å². The first kappa shape index (κ1) is 15.2. The summed E-state index contributed by atoms with van der Waals surface area (Å²) in [4.78, 5) is 26.5. The van der Waals surface area contributed by atoms with Gasteiger partial charge in [0.05, 0.1) is 21.8 Å². The standard InChI is InChI=1S/C19H18N4O3/c1-18-9-4-10-22(18)16-6-3-2-5-15(16)21-19(18)13-11-12(23(25)26)7-8-14(13)20-17(19)24/h2-3,5-8,11,21H,4,9-10H2,1H3,(H,20,24). The molecule has 0 bridgehead atoms. The van der Waals surface area contributed by atoms with Gasteiger partial charge in [-0.1, -0.05) is 12.1 Å². The van der Waals surface area contributed by atoms with Crippen molar-refractivity contribution < 1.29 is 9.72 Å². The van der Waals surface area contributed by atoms with Crippen molar-refractivity contribution in [2.24, 2.45) is 0 Å². The first-order valence-electron chi connectivity index (χ1n) is 8.73. The topological polar surface area (TPSA) is 87.5 Å². The second-order valence-corrected chi connectivity index (χ2v) is 7.36. The molecule has 0 radical (unpaired) electrons. The van der Waals surface area contributed by atoms with E-state index >= 15 is 0 Å². The van der Waals surface area contributed by atoms with Crippen LogP contribution in [0.25, 0.3) is 0 Å². The second kappa shape index (κ2) is 4.75. The lowest BCUT2D eigenvalue weighted by molar-refractivity contribution is -0.384. The molecule has 1 saturated heterocycles. The van der Waals surface area contributed by atoms with Crippen LogP contribution in [0.4, 0.5) is 22.7 Å². The maximum atomic E-state index is 13.3.